The van der Waals surface area contributed by atoms with Gasteiger partial charge in [-0.1, -0.05) is 13.8 Å². The Balaban J connectivity index is 1.72. The maximum absolute atomic E-state index is 12.9. The van der Waals surface area contributed by atoms with Crippen molar-refractivity contribution >= 4 is 17.5 Å². The lowest BCUT2D eigenvalue weighted by atomic mass is 10.1. The number of amides is 2. The largest absolute Gasteiger partial charge is 0.469 e. The van der Waals surface area contributed by atoms with E-state index in [2.05, 4.69) is 5.32 Å². The molecule has 2 heterocycles. The Hall–Kier alpha value is -2.56. The number of benzene rings is 1. The Morgan fingerprint density at radius 3 is 2.81 bits per heavy atom. The Morgan fingerprint density at radius 1 is 1.27 bits per heavy atom. The van der Waals surface area contributed by atoms with Crippen LogP contribution in [0.5, 0.6) is 0 Å². The average molecular weight is 354 g/mol. The Kier molecular flexibility index (Phi) is 5.45. The number of fused-ring (bicyclic) bond motifs is 1. The molecule has 1 N–H and O–H groups in total. The molecule has 138 valence electrons. The molecule has 26 heavy (non-hydrogen) atoms. The van der Waals surface area contributed by atoms with Gasteiger partial charge in [0, 0.05) is 42.7 Å². The van der Waals surface area contributed by atoms with E-state index in [9.17, 15) is 9.59 Å². The van der Waals surface area contributed by atoms with Crippen LogP contribution < -0.4 is 5.32 Å². The molecule has 0 saturated carbocycles. The molecule has 0 unspecified atom stereocenters. The van der Waals surface area contributed by atoms with Crippen LogP contribution in [0.2, 0.25) is 0 Å². The van der Waals surface area contributed by atoms with E-state index in [-0.39, 0.29) is 11.8 Å². The molecule has 0 fully saturated rings. The number of rotatable bonds is 4. The van der Waals surface area contributed by atoms with Crippen LogP contribution >= 0.6 is 0 Å². The van der Waals surface area contributed by atoms with Crippen molar-refractivity contribution in [3.8, 4) is 0 Å². The molecule has 1 aromatic heterocycles. The first-order valence-electron chi connectivity index (χ1n) is 9.19. The summed E-state index contributed by atoms with van der Waals surface area (Å²) in [7, 11) is 0. The predicted molar refractivity (Wildman–Crippen MR) is 101 cm³/mol. The summed E-state index contributed by atoms with van der Waals surface area (Å²) in [6.07, 6.45) is 3.94. The molecule has 0 aliphatic carbocycles. The zero-order valence-corrected chi connectivity index (χ0v) is 15.7. The van der Waals surface area contributed by atoms with Crippen LogP contribution in [0, 0.1) is 12.8 Å². The molecule has 0 spiro atoms. The number of hydrogen-bond donors (Lipinski definition) is 1. The topological polar surface area (TPSA) is 62.6 Å². The third-order valence-electron chi connectivity index (χ3n) is 4.66. The van der Waals surface area contributed by atoms with E-state index in [4.69, 9.17) is 4.42 Å². The number of nitrogens with zero attached hydrogens (tertiary/aromatic N) is 1. The second-order valence-corrected chi connectivity index (χ2v) is 7.38. The van der Waals surface area contributed by atoms with E-state index < -0.39 is 0 Å². The summed E-state index contributed by atoms with van der Waals surface area (Å²) < 4.78 is 5.49. The number of furan rings is 1. The molecule has 1 aromatic carbocycles. The van der Waals surface area contributed by atoms with Crippen LogP contribution in [0.25, 0.3) is 0 Å². The van der Waals surface area contributed by atoms with Crippen molar-refractivity contribution in [1.82, 2.24) is 4.90 Å². The summed E-state index contributed by atoms with van der Waals surface area (Å²) in [4.78, 5) is 26.8. The summed E-state index contributed by atoms with van der Waals surface area (Å²) >= 11 is 0. The van der Waals surface area contributed by atoms with Gasteiger partial charge >= 0.3 is 0 Å². The monoisotopic (exact) mass is 354 g/mol. The molecule has 2 aromatic rings. The van der Waals surface area contributed by atoms with Crippen LogP contribution in [0.3, 0.4) is 0 Å². The number of nitrogens with one attached hydrogen (secondary N) is 1. The smallest absolute Gasteiger partial charge is 0.254 e. The summed E-state index contributed by atoms with van der Waals surface area (Å²) in [5.41, 5.74) is 3.40. The highest BCUT2D eigenvalue weighted by Crippen LogP contribution is 2.23. The Labute approximate surface area is 154 Å². The van der Waals surface area contributed by atoms with Gasteiger partial charge in [-0.05, 0) is 49.1 Å². The zero-order valence-electron chi connectivity index (χ0n) is 15.7. The molecule has 0 atom stereocenters. The molecule has 1 aliphatic heterocycles. The quantitative estimate of drug-likeness (QED) is 0.897. The van der Waals surface area contributed by atoms with Crippen molar-refractivity contribution in [2.24, 2.45) is 5.92 Å². The second-order valence-electron chi connectivity index (χ2n) is 7.38. The minimum absolute atomic E-state index is 0.00202. The third-order valence-corrected chi connectivity index (χ3v) is 4.66. The van der Waals surface area contributed by atoms with Crippen molar-refractivity contribution in [3.05, 3.63) is 53.0 Å². The molecule has 5 heteroatoms. The molecule has 2 amide bonds. The summed E-state index contributed by atoms with van der Waals surface area (Å²) in [5.74, 6) is 1.32. The van der Waals surface area contributed by atoms with Crippen molar-refractivity contribution in [1.29, 1.82) is 0 Å². The maximum Gasteiger partial charge on any atom is 0.254 e. The fourth-order valence-corrected chi connectivity index (χ4v) is 3.31. The van der Waals surface area contributed by atoms with Gasteiger partial charge in [-0.15, -0.1) is 0 Å². The molecule has 0 radical (unpaired) electrons. The minimum atomic E-state index is 0.00202. The summed E-state index contributed by atoms with van der Waals surface area (Å²) in [6.45, 7) is 7.24. The molecule has 0 saturated heterocycles. The maximum atomic E-state index is 12.9. The SMILES string of the molecule is Cc1cc(C(=O)N2CCCc3occc3C2)ccc1NC(=O)CC(C)C. The van der Waals surface area contributed by atoms with Crippen LogP contribution in [-0.2, 0) is 17.8 Å². The van der Waals surface area contributed by atoms with E-state index in [0.717, 1.165) is 42.0 Å². The summed E-state index contributed by atoms with van der Waals surface area (Å²) in [5, 5.41) is 2.93. The summed E-state index contributed by atoms with van der Waals surface area (Å²) in [6, 6.07) is 7.41. The highest BCUT2D eigenvalue weighted by atomic mass is 16.3. The number of carbonyl (C=O) groups is 2. The lowest BCUT2D eigenvalue weighted by molar-refractivity contribution is -0.116. The van der Waals surface area contributed by atoms with Crippen molar-refractivity contribution < 1.29 is 14.0 Å². The lowest BCUT2D eigenvalue weighted by Gasteiger charge is -2.21. The molecular formula is C21H26N2O3. The van der Waals surface area contributed by atoms with Crippen LogP contribution in [0.4, 0.5) is 5.69 Å². The van der Waals surface area contributed by atoms with Gasteiger partial charge in [-0.2, -0.15) is 0 Å². The first-order chi connectivity index (χ1) is 12.4. The first kappa shape index (κ1) is 18.2. The van der Waals surface area contributed by atoms with Crippen molar-refractivity contribution in [3.63, 3.8) is 0 Å². The van der Waals surface area contributed by atoms with Gasteiger partial charge in [0.05, 0.1) is 6.26 Å². The van der Waals surface area contributed by atoms with E-state index in [1.165, 1.54) is 0 Å². The highest BCUT2D eigenvalue weighted by molar-refractivity contribution is 5.96. The fraction of sp³-hybridized carbons (Fsp3) is 0.429. The van der Waals surface area contributed by atoms with Gasteiger partial charge in [-0.25, -0.2) is 0 Å². The Morgan fingerprint density at radius 2 is 2.08 bits per heavy atom. The van der Waals surface area contributed by atoms with E-state index in [1.54, 1.807) is 12.3 Å². The van der Waals surface area contributed by atoms with Crippen LogP contribution in [-0.4, -0.2) is 23.3 Å². The normalized spacial score (nSPS) is 14.1. The van der Waals surface area contributed by atoms with Gasteiger partial charge in [-0.3, -0.25) is 9.59 Å². The number of anilines is 1. The Bertz CT molecular complexity index is 807. The zero-order chi connectivity index (χ0) is 18.7. The highest BCUT2D eigenvalue weighted by Gasteiger charge is 2.22. The van der Waals surface area contributed by atoms with Gasteiger partial charge in [0.25, 0.3) is 5.91 Å². The van der Waals surface area contributed by atoms with Crippen LogP contribution in [0.15, 0.2) is 34.9 Å². The molecular weight excluding hydrogens is 328 g/mol. The van der Waals surface area contributed by atoms with Gasteiger partial charge in [0.15, 0.2) is 0 Å². The molecule has 1 aliphatic rings. The van der Waals surface area contributed by atoms with Crippen LogP contribution in [0.1, 0.15) is 53.9 Å². The van der Waals surface area contributed by atoms with Gasteiger partial charge in [0.1, 0.15) is 5.76 Å². The molecule has 5 nitrogen and oxygen atoms in total. The van der Waals surface area contributed by atoms with Gasteiger partial charge < -0.3 is 14.6 Å². The van der Waals surface area contributed by atoms with Crippen molar-refractivity contribution in [2.75, 3.05) is 11.9 Å². The minimum Gasteiger partial charge on any atom is -0.469 e. The average Bonchev–Trinajstić information content (AvgIpc) is 2.92. The van der Waals surface area contributed by atoms with Crippen molar-refractivity contribution in [2.45, 2.75) is 46.6 Å². The predicted octanol–water partition coefficient (Wildman–Crippen LogP) is 4.16. The number of aryl methyl sites for hydroxylation is 2. The number of carbonyl (C=O) groups excluding carboxylic acids is 2. The molecule has 0 bridgehead atoms. The van der Waals surface area contributed by atoms with E-state index >= 15 is 0 Å². The van der Waals surface area contributed by atoms with E-state index in [1.807, 2.05) is 43.9 Å². The first-order valence-corrected chi connectivity index (χ1v) is 9.19. The van der Waals surface area contributed by atoms with Gasteiger partial charge in [0.2, 0.25) is 5.91 Å². The second kappa shape index (κ2) is 7.77. The lowest BCUT2D eigenvalue weighted by Crippen LogP contribution is -2.30. The number of hydrogen-bond acceptors (Lipinski definition) is 3. The standard InChI is InChI=1S/C21H26N2O3/c1-14(2)11-20(24)22-18-7-6-16(12-15(18)3)21(25)23-9-4-5-19-17(13-23)8-10-26-19/h6-8,10,12,14H,4-5,9,11,13H2,1-3H3,(H,22,24). The molecule has 3 rings (SSSR count). The third kappa shape index (κ3) is 4.15. The fourth-order valence-electron chi connectivity index (χ4n) is 3.31. The van der Waals surface area contributed by atoms with E-state index in [0.29, 0.717) is 24.4 Å².